The topological polar surface area (TPSA) is 78.9 Å². The van der Waals surface area contributed by atoms with E-state index < -0.39 is 0 Å². The average molecular weight is 375 g/mol. The number of rotatable bonds is 7. The number of hydrogen-bond donors (Lipinski definition) is 2. The van der Waals surface area contributed by atoms with E-state index >= 15 is 0 Å². The van der Waals surface area contributed by atoms with Crippen LogP contribution in [0.1, 0.15) is 20.3 Å². The number of nitrogens with zero attached hydrogens (tertiary/aromatic N) is 5. The van der Waals surface area contributed by atoms with Crippen LogP contribution in [0.15, 0.2) is 43.0 Å². The molecule has 0 aromatic carbocycles. The van der Waals surface area contributed by atoms with E-state index in [-0.39, 0.29) is 0 Å². The van der Waals surface area contributed by atoms with Crippen LogP contribution in [0.3, 0.4) is 0 Å². The van der Waals surface area contributed by atoms with Gasteiger partial charge in [-0.15, -0.1) is 0 Å². The Hall–Kier alpha value is -3.06. The first-order valence-corrected chi connectivity index (χ1v) is 9.80. The van der Waals surface area contributed by atoms with E-state index in [2.05, 4.69) is 44.3 Å². The summed E-state index contributed by atoms with van der Waals surface area (Å²) in [7, 11) is 0. The summed E-state index contributed by atoms with van der Waals surface area (Å²) in [5, 5.41) is 6.75. The summed E-state index contributed by atoms with van der Waals surface area (Å²) < 4.78 is 0. The molecule has 28 heavy (non-hydrogen) atoms. The van der Waals surface area contributed by atoms with Crippen LogP contribution in [0, 0.1) is 0 Å². The van der Waals surface area contributed by atoms with Gasteiger partial charge >= 0.3 is 0 Å². The van der Waals surface area contributed by atoms with Crippen LogP contribution in [-0.4, -0.2) is 51.0 Å². The van der Waals surface area contributed by atoms with Crippen LogP contribution in [-0.2, 0) is 0 Å². The second kappa shape index (κ2) is 8.31. The highest BCUT2D eigenvalue weighted by atomic mass is 15.1. The van der Waals surface area contributed by atoms with Crippen molar-refractivity contribution in [3.63, 3.8) is 0 Å². The Bertz CT molecular complexity index is 953. The van der Waals surface area contributed by atoms with E-state index in [4.69, 9.17) is 4.98 Å². The third-order valence-corrected chi connectivity index (χ3v) is 5.04. The lowest BCUT2D eigenvalue weighted by molar-refractivity contribution is 0.303. The molecule has 7 heteroatoms. The van der Waals surface area contributed by atoms with E-state index in [1.807, 2.05) is 30.6 Å². The van der Waals surface area contributed by atoms with E-state index in [0.29, 0.717) is 5.95 Å². The summed E-state index contributed by atoms with van der Waals surface area (Å²) in [6.07, 6.45) is 8.31. The molecule has 0 spiro atoms. The second-order valence-electron chi connectivity index (χ2n) is 6.71. The van der Waals surface area contributed by atoms with E-state index in [9.17, 15) is 0 Å². The molecule has 144 valence electrons. The minimum Gasteiger partial charge on any atom is -0.354 e. The molecule has 0 fully saturated rings. The molecule has 0 saturated carbocycles. The van der Waals surface area contributed by atoms with Crippen molar-refractivity contribution in [1.29, 1.82) is 0 Å². The van der Waals surface area contributed by atoms with Crippen LogP contribution >= 0.6 is 0 Å². The quantitative estimate of drug-likeness (QED) is 0.476. The average Bonchev–Trinajstić information content (AvgIpc) is 2.88. The van der Waals surface area contributed by atoms with E-state index in [0.717, 1.165) is 66.5 Å². The van der Waals surface area contributed by atoms with Crippen molar-refractivity contribution in [1.82, 2.24) is 24.8 Å². The van der Waals surface area contributed by atoms with Gasteiger partial charge in [-0.3, -0.25) is 4.98 Å². The van der Waals surface area contributed by atoms with Gasteiger partial charge in [0.15, 0.2) is 0 Å². The van der Waals surface area contributed by atoms with Crippen LogP contribution in [0.4, 0.5) is 17.5 Å². The van der Waals surface area contributed by atoms with Crippen LogP contribution < -0.4 is 10.6 Å². The van der Waals surface area contributed by atoms with Crippen LogP contribution in [0.2, 0.25) is 0 Å². The van der Waals surface area contributed by atoms with E-state index in [1.54, 1.807) is 12.4 Å². The number of anilines is 3. The van der Waals surface area contributed by atoms with Gasteiger partial charge in [-0.05, 0) is 44.3 Å². The fourth-order valence-electron chi connectivity index (χ4n) is 3.46. The van der Waals surface area contributed by atoms with Gasteiger partial charge in [-0.2, -0.15) is 0 Å². The number of nitrogens with one attached hydrogen (secondary N) is 2. The third-order valence-electron chi connectivity index (χ3n) is 5.04. The normalized spacial score (nSPS) is 11.8. The summed E-state index contributed by atoms with van der Waals surface area (Å²) in [4.78, 5) is 20.5. The maximum Gasteiger partial charge on any atom is 0.223 e. The highest BCUT2D eigenvalue weighted by Gasteiger charge is 2.21. The molecule has 7 nitrogen and oxygen atoms in total. The van der Waals surface area contributed by atoms with Gasteiger partial charge in [0.1, 0.15) is 5.82 Å². The molecule has 3 aromatic heterocycles. The standard InChI is InChI=1S/C21H25N7/c1-3-28(4-2)12-6-10-24-21-25-13-17-15-8-11-22-14-18(15)26-20-16(19(17)27-21)7-5-9-23-20/h5,7-9,11,13-14H,3-4,6,10,12H2,1-2H3,(H,23,26)(H,24,25,27). The molecule has 4 rings (SSSR count). The van der Waals surface area contributed by atoms with Crippen molar-refractivity contribution in [3.05, 3.63) is 43.0 Å². The summed E-state index contributed by atoms with van der Waals surface area (Å²) >= 11 is 0. The van der Waals surface area contributed by atoms with E-state index in [1.165, 1.54) is 0 Å². The Balaban J connectivity index is 1.62. The first-order valence-electron chi connectivity index (χ1n) is 9.80. The van der Waals surface area contributed by atoms with Gasteiger partial charge in [0.2, 0.25) is 5.95 Å². The highest BCUT2D eigenvalue weighted by Crippen LogP contribution is 2.41. The minimum absolute atomic E-state index is 0.644. The van der Waals surface area contributed by atoms with Crippen LogP contribution in [0.5, 0.6) is 0 Å². The van der Waals surface area contributed by atoms with Crippen molar-refractivity contribution in [3.8, 4) is 22.4 Å². The van der Waals surface area contributed by atoms with Gasteiger partial charge in [-0.25, -0.2) is 15.0 Å². The fourth-order valence-corrected chi connectivity index (χ4v) is 3.46. The summed E-state index contributed by atoms with van der Waals surface area (Å²) in [5.74, 6) is 1.42. The molecule has 2 N–H and O–H groups in total. The Morgan fingerprint density at radius 2 is 1.89 bits per heavy atom. The molecule has 0 unspecified atom stereocenters. The number of fused-ring (bicyclic) bond motifs is 5. The lowest BCUT2D eigenvalue weighted by Crippen LogP contribution is -2.25. The number of hydrogen-bond acceptors (Lipinski definition) is 7. The summed E-state index contributed by atoms with van der Waals surface area (Å²) in [6.45, 7) is 8.46. The third kappa shape index (κ3) is 3.66. The maximum absolute atomic E-state index is 4.83. The zero-order chi connectivity index (χ0) is 19.3. The molecule has 0 bridgehead atoms. The lowest BCUT2D eigenvalue weighted by atomic mass is 10.0. The monoisotopic (exact) mass is 375 g/mol. The molecule has 0 amide bonds. The second-order valence-corrected chi connectivity index (χ2v) is 6.71. The molecule has 0 atom stereocenters. The van der Waals surface area contributed by atoms with Gasteiger partial charge in [-0.1, -0.05) is 13.8 Å². The predicted octanol–water partition coefficient (Wildman–Crippen LogP) is 3.80. The molecular formula is C21H25N7. The molecule has 0 radical (unpaired) electrons. The molecule has 0 saturated heterocycles. The predicted molar refractivity (Wildman–Crippen MR) is 113 cm³/mol. The lowest BCUT2D eigenvalue weighted by Gasteiger charge is -2.17. The Kier molecular flexibility index (Phi) is 5.43. The SMILES string of the molecule is CCN(CC)CCCNc1ncc2c(n1)-c1cccnc1Nc1cnccc1-2. The largest absolute Gasteiger partial charge is 0.354 e. The fraction of sp³-hybridized carbons (Fsp3) is 0.333. The van der Waals surface area contributed by atoms with Gasteiger partial charge in [0.25, 0.3) is 0 Å². The summed E-state index contributed by atoms with van der Waals surface area (Å²) in [6, 6.07) is 5.94. The Morgan fingerprint density at radius 1 is 1.00 bits per heavy atom. The zero-order valence-electron chi connectivity index (χ0n) is 16.3. The Morgan fingerprint density at radius 3 is 2.75 bits per heavy atom. The van der Waals surface area contributed by atoms with Crippen molar-refractivity contribution in [2.24, 2.45) is 0 Å². The van der Waals surface area contributed by atoms with Gasteiger partial charge in [0.05, 0.1) is 17.6 Å². The van der Waals surface area contributed by atoms with Crippen molar-refractivity contribution in [2.75, 3.05) is 36.8 Å². The van der Waals surface area contributed by atoms with Crippen molar-refractivity contribution in [2.45, 2.75) is 20.3 Å². The maximum atomic E-state index is 4.83. The summed E-state index contributed by atoms with van der Waals surface area (Å²) in [5.41, 5.74) is 4.75. The zero-order valence-corrected chi connectivity index (χ0v) is 16.3. The molecule has 1 aliphatic rings. The minimum atomic E-state index is 0.644. The molecule has 4 heterocycles. The van der Waals surface area contributed by atoms with Gasteiger partial charge < -0.3 is 15.5 Å². The Labute approximate surface area is 165 Å². The smallest absolute Gasteiger partial charge is 0.223 e. The first-order chi connectivity index (χ1) is 13.8. The molecule has 0 aliphatic carbocycles. The first kappa shape index (κ1) is 18.3. The van der Waals surface area contributed by atoms with Crippen molar-refractivity contribution >= 4 is 17.5 Å². The van der Waals surface area contributed by atoms with Crippen molar-refractivity contribution < 1.29 is 0 Å². The van der Waals surface area contributed by atoms with Gasteiger partial charge in [0, 0.05) is 41.8 Å². The number of aromatic nitrogens is 4. The molecule has 1 aliphatic heterocycles. The molecule has 3 aromatic rings. The number of pyridine rings is 2. The highest BCUT2D eigenvalue weighted by molar-refractivity contribution is 5.95. The van der Waals surface area contributed by atoms with Crippen LogP contribution in [0.25, 0.3) is 22.4 Å². The molecular weight excluding hydrogens is 350 g/mol.